The number of aliphatic hydroxyl groups is 1. The zero-order chi connectivity index (χ0) is 15.5. The van der Waals surface area contributed by atoms with Crippen molar-refractivity contribution in [1.29, 1.82) is 0 Å². The number of rotatable bonds is 5. The largest absolute Gasteiger partial charge is 0.491 e. The molecular weight excluding hydrogens is 294 g/mol. The molecule has 0 spiro atoms. The maximum atomic E-state index is 12.6. The van der Waals surface area contributed by atoms with Gasteiger partial charge < -0.3 is 14.6 Å². The highest BCUT2D eigenvalue weighted by Gasteiger charge is 2.33. The number of hydrogen-bond donors (Lipinski definition) is 1. The molecule has 0 amide bonds. The van der Waals surface area contributed by atoms with Crippen LogP contribution in [0, 0.1) is 0 Å². The molecular formula is C14H21NO5S. The Kier molecular flexibility index (Phi) is 5.21. The van der Waals surface area contributed by atoms with Gasteiger partial charge in [-0.1, -0.05) is 0 Å². The van der Waals surface area contributed by atoms with Gasteiger partial charge in [0.15, 0.2) is 0 Å². The second-order valence-corrected chi connectivity index (χ2v) is 7.06. The lowest BCUT2D eigenvalue weighted by atomic mass is 10.3. The van der Waals surface area contributed by atoms with Crippen molar-refractivity contribution in [2.45, 2.75) is 30.9 Å². The van der Waals surface area contributed by atoms with Gasteiger partial charge in [-0.05, 0) is 38.1 Å². The molecule has 1 unspecified atom stereocenters. The normalized spacial score (nSPS) is 20.7. The quantitative estimate of drug-likeness (QED) is 0.872. The van der Waals surface area contributed by atoms with Crippen LogP contribution in [0.4, 0.5) is 0 Å². The zero-order valence-electron chi connectivity index (χ0n) is 12.2. The monoisotopic (exact) mass is 315 g/mol. The third-order valence-electron chi connectivity index (χ3n) is 3.19. The summed E-state index contributed by atoms with van der Waals surface area (Å²) < 4.78 is 37.2. The number of ether oxygens (including phenoxy) is 2. The Morgan fingerprint density at radius 1 is 1.38 bits per heavy atom. The van der Waals surface area contributed by atoms with Crippen LogP contribution in [-0.4, -0.2) is 56.3 Å². The maximum Gasteiger partial charge on any atom is 0.243 e. The van der Waals surface area contributed by atoms with Crippen LogP contribution < -0.4 is 4.74 Å². The lowest BCUT2D eigenvalue weighted by Crippen LogP contribution is -2.50. The predicted molar refractivity (Wildman–Crippen MR) is 77.8 cm³/mol. The molecule has 7 heteroatoms. The summed E-state index contributed by atoms with van der Waals surface area (Å²) >= 11 is 0. The second kappa shape index (κ2) is 6.74. The number of benzene rings is 1. The molecule has 0 aliphatic carbocycles. The van der Waals surface area contributed by atoms with Crippen molar-refractivity contribution in [3.8, 4) is 5.75 Å². The molecule has 1 aromatic carbocycles. The van der Waals surface area contributed by atoms with Crippen LogP contribution in [-0.2, 0) is 14.8 Å². The van der Waals surface area contributed by atoms with Crippen molar-refractivity contribution < 1.29 is 23.0 Å². The smallest absolute Gasteiger partial charge is 0.243 e. The van der Waals surface area contributed by atoms with Crippen molar-refractivity contribution in [2.75, 3.05) is 26.4 Å². The Bertz CT molecular complexity index is 555. The number of sulfonamides is 1. The third-order valence-corrected chi connectivity index (χ3v) is 5.15. The molecule has 1 heterocycles. The van der Waals surface area contributed by atoms with E-state index in [1.54, 1.807) is 12.1 Å². The molecule has 1 aliphatic heterocycles. The molecule has 6 nitrogen and oxygen atoms in total. The molecule has 1 atom stereocenters. The van der Waals surface area contributed by atoms with Crippen molar-refractivity contribution in [3.63, 3.8) is 0 Å². The molecule has 0 radical (unpaired) electrons. The first kappa shape index (κ1) is 16.2. The Balaban J connectivity index is 2.22. The van der Waals surface area contributed by atoms with Gasteiger partial charge in [0.1, 0.15) is 5.75 Å². The zero-order valence-corrected chi connectivity index (χ0v) is 13.0. The molecule has 1 saturated heterocycles. The average molecular weight is 315 g/mol. The third kappa shape index (κ3) is 3.74. The molecule has 1 N–H and O–H groups in total. The van der Waals surface area contributed by atoms with E-state index in [-0.39, 0.29) is 30.8 Å². The number of hydrogen-bond acceptors (Lipinski definition) is 5. The molecule has 2 rings (SSSR count). The van der Waals surface area contributed by atoms with Gasteiger partial charge in [0.05, 0.1) is 36.9 Å². The van der Waals surface area contributed by atoms with E-state index in [2.05, 4.69) is 0 Å². The molecule has 1 fully saturated rings. The van der Waals surface area contributed by atoms with Crippen LogP contribution in [0.2, 0.25) is 0 Å². The molecule has 0 saturated carbocycles. The van der Waals surface area contributed by atoms with Gasteiger partial charge in [-0.3, -0.25) is 0 Å². The van der Waals surface area contributed by atoms with Gasteiger partial charge in [0.25, 0.3) is 0 Å². The van der Waals surface area contributed by atoms with Gasteiger partial charge >= 0.3 is 0 Å². The molecule has 0 bridgehead atoms. The minimum absolute atomic E-state index is 0.0328. The van der Waals surface area contributed by atoms with E-state index in [4.69, 9.17) is 9.47 Å². The van der Waals surface area contributed by atoms with E-state index in [0.29, 0.717) is 12.4 Å². The number of morpholine rings is 1. The highest BCUT2D eigenvalue weighted by atomic mass is 32.2. The SMILES string of the molecule is CC(C)Oc1ccc(S(=O)(=O)N2CCOCC2CO)cc1. The predicted octanol–water partition coefficient (Wildman–Crippen LogP) is 0.856. The first-order valence-corrected chi connectivity index (χ1v) is 8.36. The van der Waals surface area contributed by atoms with Gasteiger partial charge in [0, 0.05) is 6.54 Å². The van der Waals surface area contributed by atoms with E-state index in [1.165, 1.54) is 16.4 Å². The number of aliphatic hydroxyl groups excluding tert-OH is 1. The maximum absolute atomic E-state index is 12.6. The molecule has 1 aromatic rings. The topological polar surface area (TPSA) is 76.1 Å². The van der Waals surface area contributed by atoms with Crippen molar-refractivity contribution in [3.05, 3.63) is 24.3 Å². The van der Waals surface area contributed by atoms with Crippen LogP contribution >= 0.6 is 0 Å². The van der Waals surface area contributed by atoms with E-state index in [0.717, 1.165) is 0 Å². The molecule has 0 aromatic heterocycles. The molecule has 21 heavy (non-hydrogen) atoms. The Morgan fingerprint density at radius 2 is 2.05 bits per heavy atom. The van der Waals surface area contributed by atoms with Crippen LogP contribution in [0.1, 0.15) is 13.8 Å². The van der Waals surface area contributed by atoms with Gasteiger partial charge in [-0.15, -0.1) is 0 Å². The Hall–Kier alpha value is -1.15. The van der Waals surface area contributed by atoms with E-state index in [9.17, 15) is 13.5 Å². The Morgan fingerprint density at radius 3 is 2.62 bits per heavy atom. The summed E-state index contributed by atoms with van der Waals surface area (Å²) in [4.78, 5) is 0.193. The number of nitrogens with zero attached hydrogens (tertiary/aromatic N) is 1. The van der Waals surface area contributed by atoms with Gasteiger partial charge in [-0.25, -0.2) is 8.42 Å². The summed E-state index contributed by atoms with van der Waals surface area (Å²) in [6.07, 6.45) is 0.0328. The summed E-state index contributed by atoms with van der Waals surface area (Å²) in [7, 11) is -3.63. The lowest BCUT2D eigenvalue weighted by Gasteiger charge is -2.33. The van der Waals surface area contributed by atoms with Crippen molar-refractivity contribution in [1.82, 2.24) is 4.31 Å². The minimum atomic E-state index is -3.63. The fourth-order valence-corrected chi connectivity index (χ4v) is 3.78. The fraction of sp³-hybridized carbons (Fsp3) is 0.571. The van der Waals surface area contributed by atoms with Crippen LogP contribution in [0.3, 0.4) is 0 Å². The summed E-state index contributed by atoms with van der Waals surface area (Å²) in [5.41, 5.74) is 0. The first-order valence-electron chi connectivity index (χ1n) is 6.92. The minimum Gasteiger partial charge on any atom is -0.491 e. The highest BCUT2D eigenvalue weighted by Crippen LogP contribution is 2.23. The highest BCUT2D eigenvalue weighted by molar-refractivity contribution is 7.89. The van der Waals surface area contributed by atoms with Crippen molar-refractivity contribution in [2.24, 2.45) is 0 Å². The van der Waals surface area contributed by atoms with Crippen molar-refractivity contribution >= 4 is 10.0 Å². The van der Waals surface area contributed by atoms with Crippen LogP contribution in [0.15, 0.2) is 29.2 Å². The summed E-state index contributed by atoms with van der Waals surface area (Å²) in [5.74, 6) is 0.629. The van der Waals surface area contributed by atoms with Crippen LogP contribution in [0.5, 0.6) is 5.75 Å². The van der Waals surface area contributed by atoms with E-state index >= 15 is 0 Å². The van der Waals surface area contributed by atoms with Gasteiger partial charge in [0.2, 0.25) is 10.0 Å². The van der Waals surface area contributed by atoms with E-state index in [1.807, 2.05) is 13.8 Å². The van der Waals surface area contributed by atoms with E-state index < -0.39 is 16.1 Å². The Labute approximate surface area is 125 Å². The van der Waals surface area contributed by atoms with Crippen LogP contribution in [0.25, 0.3) is 0 Å². The molecule has 118 valence electrons. The fourth-order valence-electron chi connectivity index (χ4n) is 2.20. The summed E-state index contributed by atoms with van der Waals surface area (Å²) in [6.45, 7) is 4.36. The second-order valence-electron chi connectivity index (χ2n) is 5.17. The summed E-state index contributed by atoms with van der Waals surface area (Å²) in [5, 5.41) is 9.31. The standard InChI is InChI=1S/C14H21NO5S/c1-11(2)20-13-3-5-14(6-4-13)21(17,18)15-7-8-19-10-12(15)9-16/h3-6,11-12,16H,7-10H2,1-2H3. The lowest BCUT2D eigenvalue weighted by molar-refractivity contribution is 0.0109. The molecule has 1 aliphatic rings. The first-order chi connectivity index (χ1) is 9.95. The van der Waals surface area contributed by atoms with Gasteiger partial charge in [-0.2, -0.15) is 4.31 Å². The summed E-state index contributed by atoms with van der Waals surface area (Å²) in [6, 6.07) is 5.80. The average Bonchev–Trinajstić information content (AvgIpc) is 2.47.